The molecule has 2 aliphatic heterocycles. The third-order valence-electron chi connectivity index (χ3n) is 5.85. The van der Waals surface area contributed by atoms with Gasteiger partial charge in [0.2, 0.25) is 10.6 Å². The molecule has 0 radical (unpaired) electrons. The first kappa shape index (κ1) is 20.9. The number of carbonyl (C=O) groups is 1. The summed E-state index contributed by atoms with van der Waals surface area (Å²) in [5.74, 6) is 1.34. The second-order valence-electron chi connectivity index (χ2n) is 7.88. The van der Waals surface area contributed by atoms with Gasteiger partial charge in [-0.05, 0) is 36.5 Å². The molecule has 5 rings (SSSR count). The standard InChI is InChI=1S/C22H26N6O3S/c29-21(26-12-15-30-16-13-26)25-10-8-24(9-11-25)17-27-22(32)28(18-5-2-1-3-6-18)20(23-27)19-7-4-14-31-19/h1-7,14H,8-13,15-17H2. The highest BCUT2D eigenvalue weighted by Crippen LogP contribution is 2.23. The number of furan rings is 1. The van der Waals surface area contributed by atoms with Gasteiger partial charge in [-0.25, -0.2) is 9.48 Å². The normalized spacial score (nSPS) is 17.6. The van der Waals surface area contributed by atoms with Crippen molar-refractivity contribution in [2.45, 2.75) is 6.67 Å². The molecule has 0 atom stereocenters. The van der Waals surface area contributed by atoms with Crippen LogP contribution in [0.15, 0.2) is 53.1 Å². The van der Waals surface area contributed by atoms with Crippen molar-refractivity contribution in [3.63, 3.8) is 0 Å². The predicted molar refractivity (Wildman–Crippen MR) is 121 cm³/mol. The molecule has 0 aliphatic carbocycles. The van der Waals surface area contributed by atoms with Gasteiger partial charge in [0, 0.05) is 39.3 Å². The van der Waals surface area contributed by atoms with Gasteiger partial charge in [-0.1, -0.05) is 18.2 Å². The molecule has 0 unspecified atom stereocenters. The highest BCUT2D eigenvalue weighted by Gasteiger charge is 2.27. The van der Waals surface area contributed by atoms with Crippen LogP contribution in [0.4, 0.5) is 4.79 Å². The summed E-state index contributed by atoms with van der Waals surface area (Å²) in [7, 11) is 0. The van der Waals surface area contributed by atoms with E-state index in [1.807, 2.05) is 61.5 Å². The smallest absolute Gasteiger partial charge is 0.320 e. The molecule has 9 nitrogen and oxygen atoms in total. The van der Waals surface area contributed by atoms with Crippen molar-refractivity contribution in [3.8, 4) is 17.3 Å². The quantitative estimate of drug-likeness (QED) is 0.565. The van der Waals surface area contributed by atoms with Gasteiger partial charge < -0.3 is 19.0 Å². The van der Waals surface area contributed by atoms with Crippen molar-refractivity contribution in [3.05, 3.63) is 53.5 Å². The number of amides is 2. The number of hydrogen-bond acceptors (Lipinski definition) is 6. The molecule has 2 saturated heterocycles. The second kappa shape index (κ2) is 9.27. The topological polar surface area (TPSA) is 71.9 Å². The Kier molecular flexibility index (Phi) is 6.06. The van der Waals surface area contributed by atoms with Gasteiger partial charge >= 0.3 is 6.03 Å². The van der Waals surface area contributed by atoms with Crippen LogP contribution in [0, 0.1) is 4.77 Å². The third-order valence-corrected chi connectivity index (χ3v) is 6.25. The summed E-state index contributed by atoms with van der Waals surface area (Å²) in [5.41, 5.74) is 0.941. The number of aromatic nitrogens is 3. The van der Waals surface area contributed by atoms with E-state index in [2.05, 4.69) is 4.90 Å². The average molecular weight is 455 g/mol. The summed E-state index contributed by atoms with van der Waals surface area (Å²) in [6.45, 7) is 6.05. The lowest BCUT2D eigenvalue weighted by Gasteiger charge is -2.38. The molecule has 1 aromatic carbocycles. The molecule has 2 fully saturated rings. The van der Waals surface area contributed by atoms with Crippen molar-refractivity contribution >= 4 is 18.2 Å². The van der Waals surface area contributed by atoms with E-state index in [-0.39, 0.29) is 6.03 Å². The van der Waals surface area contributed by atoms with Crippen molar-refractivity contribution in [1.82, 2.24) is 29.0 Å². The summed E-state index contributed by atoms with van der Waals surface area (Å²) in [4.78, 5) is 18.8. The number of benzene rings is 1. The van der Waals surface area contributed by atoms with E-state index >= 15 is 0 Å². The average Bonchev–Trinajstić information content (AvgIpc) is 3.49. The van der Waals surface area contributed by atoms with E-state index in [0.717, 1.165) is 18.8 Å². The van der Waals surface area contributed by atoms with Crippen LogP contribution in [0.2, 0.25) is 0 Å². The fourth-order valence-corrected chi connectivity index (χ4v) is 4.39. The van der Waals surface area contributed by atoms with Gasteiger partial charge in [-0.15, -0.1) is 5.10 Å². The molecule has 0 saturated carbocycles. The Hall–Kier alpha value is -2.95. The van der Waals surface area contributed by atoms with Crippen molar-refractivity contribution < 1.29 is 13.9 Å². The van der Waals surface area contributed by atoms with Gasteiger partial charge in [0.15, 0.2) is 5.76 Å². The predicted octanol–water partition coefficient (Wildman–Crippen LogP) is 2.69. The number of rotatable bonds is 4. The Labute approximate surface area is 191 Å². The van der Waals surface area contributed by atoms with E-state index < -0.39 is 0 Å². The number of nitrogens with zero attached hydrogens (tertiary/aromatic N) is 6. The van der Waals surface area contributed by atoms with E-state index in [4.69, 9.17) is 26.5 Å². The van der Waals surface area contributed by atoms with E-state index in [1.54, 1.807) is 6.26 Å². The largest absolute Gasteiger partial charge is 0.461 e. The first-order valence-corrected chi connectivity index (χ1v) is 11.2. The number of hydrogen-bond donors (Lipinski definition) is 0. The number of piperazine rings is 1. The van der Waals surface area contributed by atoms with E-state index in [9.17, 15) is 4.79 Å². The summed E-state index contributed by atoms with van der Waals surface area (Å²) in [6.07, 6.45) is 1.64. The molecular weight excluding hydrogens is 428 g/mol. The van der Waals surface area contributed by atoms with Gasteiger partial charge in [0.25, 0.3) is 0 Å². The minimum Gasteiger partial charge on any atom is -0.461 e. The number of urea groups is 1. The molecule has 10 heteroatoms. The molecule has 3 aromatic rings. The van der Waals surface area contributed by atoms with Gasteiger partial charge in [0.05, 0.1) is 31.8 Å². The molecule has 2 aromatic heterocycles. The lowest BCUT2D eigenvalue weighted by molar-refractivity contribution is 0.0354. The van der Waals surface area contributed by atoms with E-state index in [0.29, 0.717) is 62.4 Å². The van der Waals surface area contributed by atoms with Crippen molar-refractivity contribution in [2.75, 3.05) is 52.5 Å². The third kappa shape index (κ3) is 4.21. The molecule has 0 spiro atoms. The number of morpholine rings is 1. The Morgan fingerprint density at radius 1 is 0.938 bits per heavy atom. The minimum atomic E-state index is 0.109. The highest BCUT2D eigenvalue weighted by atomic mass is 32.1. The Bertz CT molecular complexity index is 1100. The molecule has 32 heavy (non-hydrogen) atoms. The molecule has 4 heterocycles. The monoisotopic (exact) mass is 454 g/mol. The molecule has 0 bridgehead atoms. The Morgan fingerprint density at radius 3 is 2.34 bits per heavy atom. The van der Waals surface area contributed by atoms with Crippen LogP contribution in [-0.2, 0) is 11.4 Å². The van der Waals surface area contributed by atoms with Crippen molar-refractivity contribution in [2.24, 2.45) is 0 Å². The van der Waals surface area contributed by atoms with E-state index in [1.165, 1.54) is 0 Å². The summed E-state index contributed by atoms with van der Waals surface area (Å²) < 4.78 is 15.4. The minimum absolute atomic E-state index is 0.109. The first-order chi connectivity index (χ1) is 15.7. The summed E-state index contributed by atoms with van der Waals surface area (Å²) in [6, 6.07) is 13.8. The van der Waals surface area contributed by atoms with Gasteiger partial charge in [-0.2, -0.15) is 0 Å². The zero-order chi connectivity index (χ0) is 21.9. The zero-order valence-electron chi connectivity index (χ0n) is 17.8. The lowest BCUT2D eigenvalue weighted by Crippen LogP contribution is -2.54. The first-order valence-electron chi connectivity index (χ1n) is 10.8. The maximum atomic E-state index is 12.7. The summed E-state index contributed by atoms with van der Waals surface area (Å²) in [5, 5.41) is 4.79. The molecule has 168 valence electrons. The SMILES string of the molecule is O=C(N1CCOCC1)N1CCN(Cn2nc(-c3ccco3)n(-c3ccccc3)c2=S)CC1. The number of carbonyl (C=O) groups excluding carboxylic acids is 1. The van der Waals surface area contributed by atoms with Crippen LogP contribution in [-0.4, -0.2) is 87.6 Å². The van der Waals surface area contributed by atoms with Crippen LogP contribution in [0.5, 0.6) is 0 Å². The van der Waals surface area contributed by atoms with Gasteiger partial charge in [-0.3, -0.25) is 9.47 Å². The second-order valence-corrected chi connectivity index (χ2v) is 8.25. The number of para-hydroxylation sites is 1. The molecule has 0 N–H and O–H groups in total. The molecule has 2 aliphatic rings. The summed E-state index contributed by atoms with van der Waals surface area (Å²) >= 11 is 5.80. The van der Waals surface area contributed by atoms with Crippen LogP contribution in [0.25, 0.3) is 17.3 Å². The van der Waals surface area contributed by atoms with Crippen LogP contribution >= 0.6 is 12.2 Å². The lowest BCUT2D eigenvalue weighted by atomic mass is 10.3. The van der Waals surface area contributed by atoms with Crippen LogP contribution in [0.1, 0.15) is 0 Å². The molecule has 2 amide bonds. The van der Waals surface area contributed by atoms with Crippen LogP contribution in [0.3, 0.4) is 0 Å². The van der Waals surface area contributed by atoms with Crippen molar-refractivity contribution in [1.29, 1.82) is 0 Å². The fourth-order valence-electron chi connectivity index (χ4n) is 4.10. The maximum Gasteiger partial charge on any atom is 0.320 e. The molecular formula is C22H26N6O3S. The van der Waals surface area contributed by atoms with Gasteiger partial charge in [0.1, 0.15) is 0 Å². The van der Waals surface area contributed by atoms with Crippen LogP contribution < -0.4 is 0 Å². The number of ether oxygens (including phenoxy) is 1. The fraction of sp³-hybridized carbons (Fsp3) is 0.409. The highest BCUT2D eigenvalue weighted by molar-refractivity contribution is 7.71. The zero-order valence-corrected chi connectivity index (χ0v) is 18.6. The maximum absolute atomic E-state index is 12.7. The Balaban J connectivity index is 1.31. The Morgan fingerprint density at radius 2 is 1.66 bits per heavy atom.